The van der Waals surface area contributed by atoms with Crippen LogP contribution in [0.4, 0.5) is 11.5 Å². The lowest BCUT2D eigenvalue weighted by atomic mass is 9.90. The van der Waals surface area contributed by atoms with Crippen LogP contribution in [-0.2, 0) is 13.0 Å². The number of aliphatic imine (C=N–C) groups is 1. The predicted octanol–water partition coefficient (Wildman–Crippen LogP) is 5.75. The van der Waals surface area contributed by atoms with E-state index in [9.17, 15) is 0 Å². The first-order valence-corrected chi connectivity index (χ1v) is 11.5. The normalized spacial score (nSPS) is 15.9. The highest BCUT2D eigenvalue weighted by molar-refractivity contribution is 6.33. The topological polar surface area (TPSA) is 58.5 Å². The van der Waals surface area contributed by atoms with Gasteiger partial charge < -0.3 is 15.4 Å². The van der Waals surface area contributed by atoms with Gasteiger partial charge in [-0.3, -0.25) is 4.99 Å². The second-order valence-electron chi connectivity index (χ2n) is 8.31. The van der Waals surface area contributed by atoms with E-state index < -0.39 is 0 Å². The van der Waals surface area contributed by atoms with E-state index in [1.165, 1.54) is 24.0 Å². The molecule has 0 spiro atoms. The molecule has 0 unspecified atom stereocenters. The molecular weight excluding hydrogens is 420 g/mol. The summed E-state index contributed by atoms with van der Waals surface area (Å²) in [5, 5.41) is 7.61. The van der Waals surface area contributed by atoms with Crippen molar-refractivity contribution in [3.8, 4) is 17.0 Å². The molecule has 3 heterocycles. The molecule has 6 heteroatoms. The standard InChI is InChI=1S/C26H27ClN4O/c1-32-24-4-2-3-22(27)25(24)23-15-19-11-14-29-16-21(19)26(31-23)30-20-7-5-17(6-8-20)18-9-12-28-13-10-18/h2-8,14-15,18,28H,9-13,16H2,1H3,(H,30,31). The Bertz CT molecular complexity index is 1140. The third-order valence-electron chi connectivity index (χ3n) is 6.34. The number of nitrogens with one attached hydrogen (secondary N) is 2. The van der Waals surface area contributed by atoms with E-state index in [1.807, 2.05) is 24.4 Å². The van der Waals surface area contributed by atoms with Gasteiger partial charge in [0.1, 0.15) is 11.6 Å². The lowest BCUT2D eigenvalue weighted by molar-refractivity contribution is 0.416. The first-order chi connectivity index (χ1) is 15.7. The monoisotopic (exact) mass is 446 g/mol. The molecule has 0 amide bonds. The van der Waals surface area contributed by atoms with Crippen LogP contribution in [0, 0.1) is 0 Å². The predicted molar refractivity (Wildman–Crippen MR) is 132 cm³/mol. The molecule has 164 valence electrons. The number of pyridine rings is 1. The molecule has 2 N–H and O–H groups in total. The van der Waals surface area contributed by atoms with Crippen molar-refractivity contribution in [2.24, 2.45) is 4.99 Å². The number of aromatic nitrogens is 1. The summed E-state index contributed by atoms with van der Waals surface area (Å²) in [7, 11) is 1.66. The van der Waals surface area contributed by atoms with Crippen molar-refractivity contribution < 1.29 is 4.74 Å². The van der Waals surface area contributed by atoms with Crippen molar-refractivity contribution in [2.45, 2.75) is 31.7 Å². The van der Waals surface area contributed by atoms with Crippen molar-refractivity contribution in [2.75, 3.05) is 25.5 Å². The fourth-order valence-corrected chi connectivity index (χ4v) is 4.85. The smallest absolute Gasteiger partial charge is 0.136 e. The van der Waals surface area contributed by atoms with E-state index in [0.717, 1.165) is 47.8 Å². The number of ether oxygens (including phenoxy) is 1. The van der Waals surface area contributed by atoms with Gasteiger partial charge in [-0.2, -0.15) is 0 Å². The van der Waals surface area contributed by atoms with Crippen molar-refractivity contribution in [3.63, 3.8) is 0 Å². The van der Waals surface area contributed by atoms with Crippen LogP contribution in [0.3, 0.4) is 0 Å². The zero-order valence-corrected chi connectivity index (χ0v) is 19.0. The first-order valence-electron chi connectivity index (χ1n) is 11.1. The molecule has 5 rings (SSSR count). The molecule has 2 aromatic carbocycles. The lowest BCUT2D eigenvalue weighted by Crippen LogP contribution is -2.26. The highest BCUT2D eigenvalue weighted by Crippen LogP contribution is 2.38. The van der Waals surface area contributed by atoms with E-state index in [4.69, 9.17) is 21.3 Å². The molecule has 0 radical (unpaired) electrons. The van der Waals surface area contributed by atoms with Crippen LogP contribution in [0.25, 0.3) is 11.3 Å². The van der Waals surface area contributed by atoms with Crippen LogP contribution in [-0.4, -0.2) is 31.4 Å². The van der Waals surface area contributed by atoms with Crippen molar-refractivity contribution in [1.29, 1.82) is 0 Å². The highest BCUT2D eigenvalue weighted by atomic mass is 35.5. The fraction of sp³-hybridized carbons (Fsp3) is 0.308. The van der Waals surface area contributed by atoms with Gasteiger partial charge >= 0.3 is 0 Å². The third-order valence-corrected chi connectivity index (χ3v) is 6.66. The maximum atomic E-state index is 6.56. The number of methoxy groups -OCH3 is 1. The fourth-order valence-electron chi connectivity index (χ4n) is 4.59. The van der Waals surface area contributed by atoms with E-state index in [1.54, 1.807) is 7.11 Å². The summed E-state index contributed by atoms with van der Waals surface area (Å²) in [6.07, 6.45) is 5.14. The number of hydrogen-bond acceptors (Lipinski definition) is 5. The van der Waals surface area contributed by atoms with Gasteiger partial charge in [-0.05, 0) is 73.3 Å². The van der Waals surface area contributed by atoms with Gasteiger partial charge in [0.15, 0.2) is 0 Å². The minimum Gasteiger partial charge on any atom is -0.496 e. The van der Waals surface area contributed by atoms with Gasteiger partial charge in [0, 0.05) is 23.9 Å². The minimum absolute atomic E-state index is 0.623. The number of piperidine rings is 1. The average Bonchev–Trinajstić information content (AvgIpc) is 2.85. The van der Waals surface area contributed by atoms with Gasteiger partial charge in [-0.15, -0.1) is 0 Å². The maximum absolute atomic E-state index is 6.56. The van der Waals surface area contributed by atoms with Crippen LogP contribution < -0.4 is 15.4 Å². The second-order valence-corrected chi connectivity index (χ2v) is 8.72. The van der Waals surface area contributed by atoms with Gasteiger partial charge in [-0.1, -0.05) is 29.8 Å². The zero-order chi connectivity index (χ0) is 21.9. The van der Waals surface area contributed by atoms with Crippen LogP contribution in [0.2, 0.25) is 5.02 Å². The molecule has 2 aliphatic heterocycles. The molecule has 5 nitrogen and oxygen atoms in total. The summed E-state index contributed by atoms with van der Waals surface area (Å²) in [6, 6.07) is 16.6. The molecule has 0 saturated carbocycles. The Hall–Kier alpha value is -2.89. The largest absolute Gasteiger partial charge is 0.496 e. The minimum atomic E-state index is 0.623. The Labute approximate surface area is 193 Å². The number of nitrogens with zero attached hydrogens (tertiary/aromatic N) is 2. The number of rotatable bonds is 5. The Morgan fingerprint density at radius 1 is 1.09 bits per heavy atom. The Balaban J connectivity index is 1.49. The average molecular weight is 447 g/mol. The van der Waals surface area contributed by atoms with Crippen LogP contribution in [0.5, 0.6) is 5.75 Å². The number of anilines is 2. The van der Waals surface area contributed by atoms with E-state index in [-0.39, 0.29) is 0 Å². The summed E-state index contributed by atoms with van der Waals surface area (Å²) in [5.41, 5.74) is 6.38. The van der Waals surface area contributed by atoms with E-state index in [0.29, 0.717) is 23.2 Å². The van der Waals surface area contributed by atoms with Gasteiger partial charge in [0.25, 0.3) is 0 Å². The molecule has 1 fully saturated rings. The van der Waals surface area contributed by atoms with Crippen LogP contribution >= 0.6 is 11.6 Å². The van der Waals surface area contributed by atoms with Crippen LogP contribution in [0.1, 0.15) is 35.4 Å². The summed E-state index contributed by atoms with van der Waals surface area (Å²) in [6.45, 7) is 2.82. The second kappa shape index (κ2) is 9.31. The number of benzene rings is 2. The zero-order valence-electron chi connectivity index (χ0n) is 18.2. The maximum Gasteiger partial charge on any atom is 0.136 e. The molecule has 2 aliphatic rings. The van der Waals surface area contributed by atoms with Crippen molar-refractivity contribution in [1.82, 2.24) is 10.3 Å². The molecule has 32 heavy (non-hydrogen) atoms. The molecule has 0 bridgehead atoms. The first kappa shape index (κ1) is 21.0. The molecule has 3 aromatic rings. The molecule has 0 aliphatic carbocycles. The third kappa shape index (κ3) is 4.23. The molecule has 1 aromatic heterocycles. The molecule has 0 atom stereocenters. The number of hydrogen-bond donors (Lipinski definition) is 2. The van der Waals surface area contributed by atoms with E-state index in [2.05, 4.69) is 46.0 Å². The Morgan fingerprint density at radius 3 is 2.69 bits per heavy atom. The lowest BCUT2D eigenvalue weighted by Gasteiger charge is -2.23. The van der Waals surface area contributed by atoms with Crippen molar-refractivity contribution >= 4 is 29.3 Å². The number of fused-ring (bicyclic) bond motifs is 1. The van der Waals surface area contributed by atoms with Crippen molar-refractivity contribution in [3.05, 3.63) is 70.2 Å². The quantitative estimate of drug-likeness (QED) is 0.524. The number of halogens is 1. The molecular formula is C26H27ClN4O. The Kier molecular flexibility index (Phi) is 6.10. The summed E-state index contributed by atoms with van der Waals surface area (Å²) in [5.74, 6) is 2.18. The summed E-state index contributed by atoms with van der Waals surface area (Å²) in [4.78, 5) is 9.46. The molecule has 1 saturated heterocycles. The summed E-state index contributed by atoms with van der Waals surface area (Å²) < 4.78 is 5.58. The van der Waals surface area contributed by atoms with E-state index >= 15 is 0 Å². The highest BCUT2D eigenvalue weighted by Gasteiger charge is 2.20. The van der Waals surface area contributed by atoms with Gasteiger partial charge in [-0.25, -0.2) is 4.98 Å². The SMILES string of the molecule is COc1cccc(Cl)c1-c1cc2c(c(Nc3ccc(C4CCNCC4)cc3)n1)CN=CC2. The van der Waals surface area contributed by atoms with Gasteiger partial charge in [0.05, 0.1) is 29.9 Å². The van der Waals surface area contributed by atoms with Gasteiger partial charge in [0.2, 0.25) is 0 Å². The van der Waals surface area contributed by atoms with Crippen LogP contribution in [0.15, 0.2) is 53.5 Å². The summed E-state index contributed by atoms with van der Waals surface area (Å²) >= 11 is 6.56. The Morgan fingerprint density at radius 2 is 1.91 bits per heavy atom.